The molecule has 2 aromatic carbocycles. The molecule has 0 amide bonds. The molecule has 1 unspecified atom stereocenters. The topological polar surface area (TPSA) is 142 Å². The summed E-state index contributed by atoms with van der Waals surface area (Å²) in [4.78, 5) is 33.4. The number of anilines is 1. The Labute approximate surface area is 231 Å². The van der Waals surface area contributed by atoms with Crippen LogP contribution < -0.4 is 5.73 Å². The van der Waals surface area contributed by atoms with E-state index in [1.54, 1.807) is 67.6 Å². The van der Waals surface area contributed by atoms with E-state index >= 15 is 0 Å². The first-order valence-electron chi connectivity index (χ1n) is 11.7. The van der Waals surface area contributed by atoms with Gasteiger partial charge in [-0.25, -0.2) is 23.9 Å². The summed E-state index contributed by atoms with van der Waals surface area (Å²) in [6.07, 6.45) is -2.27. The SMILES string of the molecule is C[C@H](OC(=O)c1ccccc1)C(COC(=O)c1ccccc1)O[C@@H](CF)n1c(Br)c(C#N)c2c(N)ncnc21. The number of nitrogen functional groups attached to an aromatic ring is 1. The molecule has 0 saturated carbocycles. The van der Waals surface area contributed by atoms with E-state index in [0.29, 0.717) is 11.1 Å². The van der Waals surface area contributed by atoms with E-state index in [2.05, 4.69) is 25.9 Å². The number of benzene rings is 2. The summed E-state index contributed by atoms with van der Waals surface area (Å²) in [7, 11) is 0. The maximum Gasteiger partial charge on any atom is 0.338 e. The van der Waals surface area contributed by atoms with E-state index in [1.807, 2.05) is 6.07 Å². The fourth-order valence-electron chi connectivity index (χ4n) is 3.85. The number of esters is 2. The van der Waals surface area contributed by atoms with Gasteiger partial charge in [0.1, 0.15) is 54.0 Å². The van der Waals surface area contributed by atoms with Gasteiger partial charge in [-0.3, -0.25) is 4.57 Å². The van der Waals surface area contributed by atoms with Gasteiger partial charge in [-0.05, 0) is 47.1 Å². The molecule has 0 bridgehead atoms. The Morgan fingerprint density at radius 3 is 2.28 bits per heavy atom. The molecule has 200 valence electrons. The number of fused-ring (bicyclic) bond motifs is 1. The van der Waals surface area contributed by atoms with Gasteiger partial charge >= 0.3 is 11.9 Å². The van der Waals surface area contributed by atoms with E-state index in [4.69, 9.17) is 19.9 Å². The van der Waals surface area contributed by atoms with E-state index in [9.17, 15) is 19.2 Å². The highest BCUT2D eigenvalue weighted by Gasteiger charge is 2.31. The number of aromatic nitrogens is 3. The third-order valence-electron chi connectivity index (χ3n) is 5.83. The molecule has 2 heterocycles. The van der Waals surface area contributed by atoms with Crippen molar-refractivity contribution < 1.29 is 28.2 Å². The van der Waals surface area contributed by atoms with Crippen LogP contribution in [-0.2, 0) is 14.2 Å². The second-order valence-corrected chi connectivity index (χ2v) is 9.08. The zero-order valence-electron chi connectivity index (χ0n) is 20.7. The Hall–Kier alpha value is -4.34. The normalized spacial score (nSPS) is 13.3. The van der Waals surface area contributed by atoms with Crippen molar-refractivity contribution in [3.63, 3.8) is 0 Å². The molecule has 10 nitrogen and oxygen atoms in total. The van der Waals surface area contributed by atoms with Crippen LogP contribution in [0.1, 0.15) is 39.4 Å². The molecule has 0 aliphatic carbocycles. The van der Waals surface area contributed by atoms with E-state index in [0.717, 1.165) is 0 Å². The smallest absolute Gasteiger partial charge is 0.338 e. The van der Waals surface area contributed by atoms with Crippen LogP contribution in [0.25, 0.3) is 11.0 Å². The van der Waals surface area contributed by atoms with Gasteiger partial charge in [0.25, 0.3) is 0 Å². The molecule has 3 atom stereocenters. The third kappa shape index (κ3) is 6.05. The van der Waals surface area contributed by atoms with Crippen molar-refractivity contribution in [3.8, 4) is 6.07 Å². The molecule has 39 heavy (non-hydrogen) atoms. The zero-order valence-corrected chi connectivity index (χ0v) is 22.2. The number of halogens is 2. The number of nitriles is 1. The minimum absolute atomic E-state index is 0.0344. The van der Waals surface area contributed by atoms with Crippen molar-refractivity contribution in [2.45, 2.75) is 25.4 Å². The molecule has 0 aliphatic rings. The zero-order chi connectivity index (χ0) is 27.9. The summed E-state index contributed by atoms with van der Waals surface area (Å²) in [5.74, 6) is -1.24. The van der Waals surface area contributed by atoms with Gasteiger partial charge in [-0.2, -0.15) is 5.26 Å². The summed E-state index contributed by atoms with van der Waals surface area (Å²) < 4.78 is 33.1. The third-order valence-corrected chi connectivity index (χ3v) is 6.61. The molecule has 4 rings (SSSR count). The standard InChI is InChI=1S/C27H23BrFN5O5/c1-16(38-27(36)18-10-6-3-7-11-18)20(14-37-26(35)17-8-4-2-5-9-17)39-21(12-29)34-23(28)19(13-30)22-24(31)32-15-33-25(22)34/h2-11,15-16,20-21H,12,14H2,1H3,(H2,31,32,33)/t16-,20?,21-/m0/s1. The van der Waals surface area contributed by atoms with Gasteiger partial charge in [0.2, 0.25) is 0 Å². The Morgan fingerprint density at radius 2 is 1.69 bits per heavy atom. The van der Waals surface area contributed by atoms with Gasteiger partial charge in [0.05, 0.1) is 22.1 Å². The molecule has 2 N–H and O–H groups in total. The molecule has 0 spiro atoms. The van der Waals surface area contributed by atoms with Gasteiger partial charge in [0, 0.05) is 0 Å². The molecule has 0 radical (unpaired) electrons. The Balaban J connectivity index is 1.64. The fraction of sp³-hybridized carbons (Fsp3) is 0.222. The van der Waals surface area contributed by atoms with Crippen LogP contribution in [-0.4, -0.2) is 52.0 Å². The first kappa shape index (κ1) is 27.7. The maximum absolute atomic E-state index is 14.5. The summed E-state index contributed by atoms with van der Waals surface area (Å²) in [6.45, 7) is 0.104. The highest BCUT2D eigenvalue weighted by Crippen LogP contribution is 2.35. The molecule has 2 aromatic heterocycles. The highest BCUT2D eigenvalue weighted by molar-refractivity contribution is 9.10. The predicted molar refractivity (Wildman–Crippen MR) is 142 cm³/mol. The number of hydrogen-bond acceptors (Lipinski definition) is 9. The van der Waals surface area contributed by atoms with Crippen LogP contribution in [0.5, 0.6) is 0 Å². The Morgan fingerprint density at radius 1 is 1.08 bits per heavy atom. The summed E-state index contributed by atoms with van der Waals surface area (Å²) >= 11 is 3.32. The summed E-state index contributed by atoms with van der Waals surface area (Å²) in [5, 5.41) is 9.91. The second kappa shape index (κ2) is 12.5. The quantitative estimate of drug-likeness (QED) is 0.260. The lowest BCUT2D eigenvalue weighted by Crippen LogP contribution is -2.38. The number of nitrogens with zero attached hydrogens (tertiary/aromatic N) is 4. The average Bonchev–Trinajstić information content (AvgIpc) is 3.25. The number of carbonyl (C=O) groups is 2. The Bertz CT molecular complexity index is 1510. The molecule has 0 fully saturated rings. The number of nitrogens with two attached hydrogens (primary N) is 1. The molecule has 0 saturated heterocycles. The number of alkyl halides is 1. The number of hydrogen-bond donors (Lipinski definition) is 1. The fourth-order valence-corrected chi connectivity index (χ4v) is 4.53. The molecule has 0 aliphatic heterocycles. The van der Waals surface area contributed by atoms with Crippen LogP contribution >= 0.6 is 15.9 Å². The lowest BCUT2D eigenvalue weighted by atomic mass is 10.2. The first-order valence-corrected chi connectivity index (χ1v) is 12.5. The van der Waals surface area contributed by atoms with Gasteiger partial charge < -0.3 is 19.9 Å². The van der Waals surface area contributed by atoms with Crippen LogP contribution in [0, 0.1) is 11.3 Å². The van der Waals surface area contributed by atoms with Gasteiger partial charge in [-0.1, -0.05) is 36.4 Å². The first-order chi connectivity index (χ1) is 18.8. The summed E-state index contributed by atoms with van der Waals surface area (Å²) in [5.41, 5.74) is 6.82. The molecule has 12 heteroatoms. The van der Waals surface area contributed by atoms with Gasteiger partial charge in [-0.15, -0.1) is 0 Å². The second-order valence-electron chi connectivity index (χ2n) is 8.33. The van der Waals surface area contributed by atoms with E-state index < -0.39 is 37.0 Å². The van der Waals surface area contributed by atoms with Crippen LogP contribution in [0.3, 0.4) is 0 Å². The van der Waals surface area contributed by atoms with Crippen LogP contribution in [0.15, 0.2) is 71.6 Å². The number of ether oxygens (including phenoxy) is 3. The minimum atomic E-state index is -1.36. The highest BCUT2D eigenvalue weighted by atomic mass is 79.9. The molecular weight excluding hydrogens is 573 g/mol. The average molecular weight is 596 g/mol. The Kier molecular flexibility index (Phi) is 8.85. The van der Waals surface area contributed by atoms with Crippen molar-refractivity contribution in [2.24, 2.45) is 0 Å². The summed E-state index contributed by atoms with van der Waals surface area (Å²) in [6, 6.07) is 18.6. The van der Waals surface area contributed by atoms with Crippen molar-refractivity contribution in [1.29, 1.82) is 5.26 Å². The molecule has 4 aromatic rings. The van der Waals surface area contributed by atoms with Crippen LogP contribution in [0.2, 0.25) is 0 Å². The van der Waals surface area contributed by atoms with Crippen molar-refractivity contribution in [1.82, 2.24) is 14.5 Å². The van der Waals surface area contributed by atoms with Gasteiger partial charge in [0.15, 0.2) is 6.23 Å². The van der Waals surface area contributed by atoms with Crippen molar-refractivity contribution >= 4 is 44.7 Å². The van der Waals surface area contributed by atoms with E-state index in [1.165, 1.54) is 10.9 Å². The maximum atomic E-state index is 14.5. The monoisotopic (exact) mass is 595 g/mol. The largest absolute Gasteiger partial charge is 0.459 e. The lowest BCUT2D eigenvalue weighted by molar-refractivity contribution is -0.128. The minimum Gasteiger partial charge on any atom is -0.459 e. The predicted octanol–water partition coefficient (Wildman–Crippen LogP) is 4.60. The van der Waals surface area contributed by atoms with E-state index in [-0.39, 0.29) is 33.6 Å². The van der Waals surface area contributed by atoms with Crippen molar-refractivity contribution in [2.75, 3.05) is 19.0 Å². The lowest BCUT2D eigenvalue weighted by Gasteiger charge is -2.29. The van der Waals surface area contributed by atoms with Crippen molar-refractivity contribution in [3.05, 3.63) is 88.3 Å². The number of rotatable bonds is 10. The molecular formula is C27H23BrFN5O5. The van der Waals surface area contributed by atoms with Crippen LogP contribution in [0.4, 0.5) is 10.2 Å². The number of carbonyl (C=O) groups excluding carboxylic acids is 2.